The summed E-state index contributed by atoms with van der Waals surface area (Å²) < 4.78 is 10.4. The monoisotopic (exact) mass is 323 g/mol. The molecule has 1 aliphatic rings. The van der Waals surface area contributed by atoms with Gasteiger partial charge in [0, 0.05) is 5.39 Å². The summed E-state index contributed by atoms with van der Waals surface area (Å²) in [4.78, 5) is 12.2. The summed E-state index contributed by atoms with van der Waals surface area (Å²) in [6, 6.07) is 7.32. The summed E-state index contributed by atoms with van der Waals surface area (Å²) >= 11 is 0. The molecule has 1 amide bonds. The predicted molar refractivity (Wildman–Crippen MR) is 77.4 cm³/mol. The standard InChI is InChI=1S/C15H17NO7/c17-6-10-12(18)13(19)11(15(21)23-10)16-14(20)9-5-7-3-1-2-4-8(7)22-9/h1-5,10-13,15,17-19,21H,6H2,(H,16,20)/t10-,11-,12-,13-,15?/m1/s1. The summed E-state index contributed by atoms with van der Waals surface area (Å²) in [5, 5.41) is 41.8. The number of ether oxygens (including phenoxy) is 1. The van der Waals surface area contributed by atoms with Crippen LogP contribution in [0, 0.1) is 0 Å². The van der Waals surface area contributed by atoms with Gasteiger partial charge in [-0.05, 0) is 12.1 Å². The van der Waals surface area contributed by atoms with Crippen molar-refractivity contribution in [2.45, 2.75) is 30.6 Å². The van der Waals surface area contributed by atoms with E-state index in [4.69, 9.17) is 14.3 Å². The maximum Gasteiger partial charge on any atom is 0.287 e. The number of carbonyl (C=O) groups excluding carboxylic acids is 1. The first-order valence-electron chi connectivity index (χ1n) is 7.11. The van der Waals surface area contributed by atoms with Gasteiger partial charge < -0.3 is 34.9 Å². The Morgan fingerprint density at radius 1 is 1.17 bits per heavy atom. The average molecular weight is 323 g/mol. The van der Waals surface area contributed by atoms with Crippen LogP contribution < -0.4 is 5.32 Å². The third kappa shape index (κ3) is 2.94. The molecule has 0 saturated carbocycles. The number of para-hydroxylation sites is 1. The Hall–Kier alpha value is -1.97. The fraction of sp³-hybridized carbons (Fsp3) is 0.400. The van der Waals surface area contributed by atoms with Crippen molar-refractivity contribution >= 4 is 16.9 Å². The molecule has 124 valence electrons. The molecule has 23 heavy (non-hydrogen) atoms. The molecule has 8 heteroatoms. The smallest absolute Gasteiger partial charge is 0.287 e. The number of benzene rings is 1. The van der Waals surface area contributed by atoms with Crippen molar-refractivity contribution in [3.8, 4) is 0 Å². The molecule has 0 bridgehead atoms. The molecular weight excluding hydrogens is 306 g/mol. The van der Waals surface area contributed by atoms with E-state index in [1.165, 1.54) is 6.07 Å². The Bertz CT molecular complexity index is 667. The zero-order chi connectivity index (χ0) is 16.6. The summed E-state index contributed by atoms with van der Waals surface area (Å²) in [6.45, 7) is -0.570. The first-order chi connectivity index (χ1) is 11.0. The molecule has 1 saturated heterocycles. The molecule has 1 unspecified atom stereocenters. The maximum atomic E-state index is 12.2. The number of rotatable bonds is 3. The molecule has 5 N–H and O–H groups in total. The first-order valence-corrected chi connectivity index (χ1v) is 7.11. The quantitative estimate of drug-likeness (QED) is 0.487. The lowest BCUT2D eigenvalue weighted by atomic mass is 9.97. The summed E-state index contributed by atoms with van der Waals surface area (Å²) in [7, 11) is 0. The number of furan rings is 1. The lowest BCUT2D eigenvalue weighted by Crippen LogP contribution is -2.64. The van der Waals surface area contributed by atoms with Gasteiger partial charge in [0.2, 0.25) is 0 Å². The third-order valence-electron chi connectivity index (χ3n) is 3.85. The molecule has 0 spiro atoms. The lowest BCUT2D eigenvalue weighted by molar-refractivity contribution is -0.252. The number of carbonyl (C=O) groups is 1. The van der Waals surface area contributed by atoms with Gasteiger partial charge >= 0.3 is 0 Å². The second kappa shape index (κ2) is 6.26. The topological polar surface area (TPSA) is 132 Å². The van der Waals surface area contributed by atoms with Crippen molar-refractivity contribution in [3.63, 3.8) is 0 Å². The second-order valence-electron chi connectivity index (χ2n) is 5.38. The van der Waals surface area contributed by atoms with Crippen LogP contribution in [0.3, 0.4) is 0 Å². The minimum Gasteiger partial charge on any atom is -0.451 e. The van der Waals surface area contributed by atoms with Crippen LogP contribution >= 0.6 is 0 Å². The Morgan fingerprint density at radius 3 is 2.61 bits per heavy atom. The zero-order valence-corrected chi connectivity index (χ0v) is 12.0. The molecule has 0 aliphatic carbocycles. The van der Waals surface area contributed by atoms with Gasteiger partial charge in [-0.15, -0.1) is 0 Å². The van der Waals surface area contributed by atoms with E-state index in [1.807, 2.05) is 0 Å². The van der Waals surface area contributed by atoms with Gasteiger partial charge in [-0.1, -0.05) is 18.2 Å². The minimum absolute atomic E-state index is 0.00405. The normalized spacial score (nSPS) is 31.2. The van der Waals surface area contributed by atoms with Crippen molar-refractivity contribution in [1.82, 2.24) is 5.32 Å². The maximum absolute atomic E-state index is 12.2. The van der Waals surface area contributed by atoms with E-state index in [2.05, 4.69) is 5.32 Å². The second-order valence-corrected chi connectivity index (χ2v) is 5.38. The molecule has 0 radical (unpaired) electrons. The van der Waals surface area contributed by atoms with Gasteiger partial charge in [-0.25, -0.2) is 0 Å². The SMILES string of the molecule is O=C(N[C@H]1C(O)O[C@H](CO)[C@@H](O)[C@@H]1O)c1cc2ccccc2o1. The van der Waals surface area contributed by atoms with Crippen molar-refractivity contribution < 1.29 is 34.4 Å². The van der Waals surface area contributed by atoms with Crippen LogP contribution in [0.15, 0.2) is 34.7 Å². The number of aliphatic hydroxyl groups is 4. The van der Waals surface area contributed by atoms with Crippen LogP contribution in [0.4, 0.5) is 0 Å². The van der Waals surface area contributed by atoms with E-state index in [0.29, 0.717) is 5.58 Å². The van der Waals surface area contributed by atoms with Crippen molar-refractivity contribution in [2.75, 3.05) is 6.61 Å². The predicted octanol–water partition coefficient (Wildman–Crippen LogP) is -1.04. The van der Waals surface area contributed by atoms with Crippen LogP contribution in [0.5, 0.6) is 0 Å². The van der Waals surface area contributed by atoms with E-state index < -0.39 is 43.2 Å². The van der Waals surface area contributed by atoms with E-state index in [9.17, 15) is 20.1 Å². The fourth-order valence-electron chi connectivity index (χ4n) is 2.57. The largest absolute Gasteiger partial charge is 0.451 e. The number of hydrogen-bond donors (Lipinski definition) is 5. The number of hydrogen-bond acceptors (Lipinski definition) is 7. The highest BCUT2D eigenvalue weighted by Gasteiger charge is 2.44. The summed E-state index contributed by atoms with van der Waals surface area (Å²) in [5.74, 6) is -0.660. The van der Waals surface area contributed by atoms with Gasteiger partial charge in [-0.2, -0.15) is 0 Å². The van der Waals surface area contributed by atoms with Gasteiger partial charge in [0.1, 0.15) is 29.9 Å². The average Bonchev–Trinajstić information content (AvgIpc) is 2.99. The molecule has 8 nitrogen and oxygen atoms in total. The molecule has 1 fully saturated rings. The summed E-state index contributed by atoms with van der Waals surface area (Å²) in [5.41, 5.74) is 0.527. The van der Waals surface area contributed by atoms with Crippen LogP contribution in [0.1, 0.15) is 10.6 Å². The molecule has 2 heterocycles. The van der Waals surface area contributed by atoms with Crippen LogP contribution in [-0.4, -0.2) is 63.6 Å². The van der Waals surface area contributed by atoms with Gasteiger partial charge in [0.25, 0.3) is 5.91 Å². The highest BCUT2D eigenvalue weighted by molar-refractivity contribution is 5.96. The van der Waals surface area contributed by atoms with Crippen LogP contribution in [-0.2, 0) is 4.74 Å². The zero-order valence-electron chi connectivity index (χ0n) is 12.0. The van der Waals surface area contributed by atoms with E-state index >= 15 is 0 Å². The molecule has 1 aliphatic heterocycles. The van der Waals surface area contributed by atoms with E-state index in [0.717, 1.165) is 5.39 Å². The molecule has 3 rings (SSSR count). The Balaban J connectivity index is 1.76. The van der Waals surface area contributed by atoms with Gasteiger partial charge in [0.15, 0.2) is 12.1 Å². The molecule has 1 aromatic heterocycles. The van der Waals surface area contributed by atoms with Gasteiger partial charge in [-0.3, -0.25) is 4.79 Å². The highest BCUT2D eigenvalue weighted by Crippen LogP contribution is 2.22. The van der Waals surface area contributed by atoms with Crippen molar-refractivity contribution in [3.05, 3.63) is 36.1 Å². The lowest BCUT2D eigenvalue weighted by Gasteiger charge is -2.40. The number of aliphatic hydroxyl groups excluding tert-OH is 4. The fourth-order valence-corrected chi connectivity index (χ4v) is 2.57. The molecule has 1 aromatic carbocycles. The Labute approximate surface area is 130 Å². The Morgan fingerprint density at radius 2 is 1.91 bits per heavy atom. The third-order valence-corrected chi connectivity index (χ3v) is 3.85. The first kappa shape index (κ1) is 15.9. The highest BCUT2D eigenvalue weighted by atomic mass is 16.6. The molecular formula is C15H17NO7. The van der Waals surface area contributed by atoms with E-state index in [-0.39, 0.29) is 5.76 Å². The number of amides is 1. The Kier molecular flexibility index (Phi) is 4.33. The molecule has 5 atom stereocenters. The van der Waals surface area contributed by atoms with Crippen LogP contribution in [0.25, 0.3) is 11.0 Å². The molecule has 2 aromatic rings. The van der Waals surface area contributed by atoms with Crippen LogP contribution in [0.2, 0.25) is 0 Å². The van der Waals surface area contributed by atoms with Gasteiger partial charge in [0.05, 0.1) is 6.61 Å². The number of fused-ring (bicyclic) bond motifs is 1. The van der Waals surface area contributed by atoms with E-state index in [1.54, 1.807) is 24.3 Å². The minimum atomic E-state index is -1.57. The number of nitrogens with one attached hydrogen (secondary N) is 1. The van der Waals surface area contributed by atoms with Crippen molar-refractivity contribution in [1.29, 1.82) is 0 Å². The summed E-state index contributed by atoms with van der Waals surface area (Å²) in [6.07, 6.45) is -5.63. The van der Waals surface area contributed by atoms with Crippen molar-refractivity contribution in [2.24, 2.45) is 0 Å².